The zero-order chi connectivity index (χ0) is 23.6. The van der Waals surface area contributed by atoms with E-state index < -0.39 is 0 Å². The summed E-state index contributed by atoms with van der Waals surface area (Å²) < 4.78 is 2.12. The SMILES string of the molecule is CC(c1ccnc(Cc2nc3ccc(-c4cnn(CC5CCCC5)c4)cc3[nH]2)c1)N1CCNCC1. The van der Waals surface area contributed by atoms with Crippen molar-refractivity contribution >= 4 is 11.0 Å². The molecule has 1 atom stereocenters. The summed E-state index contributed by atoms with van der Waals surface area (Å²) in [6.45, 7) is 7.63. The van der Waals surface area contributed by atoms with Crippen LogP contribution in [0.1, 0.15) is 55.7 Å². The van der Waals surface area contributed by atoms with Crippen LogP contribution in [0, 0.1) is 5.92 Å². The standard InChI is InChI=1S/C28H35N7/c1-20(34-12-10-29-11-13-34)22-8-9-30-25(14-22)16-28-32-26-7-6-23(15-27(26)33-28)24-17-31-35(19-24)18-21-4-2-3-5-21/h6-9,14-15,17,19-21,29H,2-5,10-13,16,18H2,1H3,(H,32,33). The molecule has 0 spiro atoms. The number of nitrogens with zero attached hydrogens (tertiary/aromatic N) is 5. The highest BCUT2D eigenvalue weighted by Crippen LogP contribution is 2.28. The van der Waals surface area contributed by atoms with Crippen molar-refractivity contribution in [2.75, 3.05) is 26.2 Å². The van der Waals surface area contributed by atoms with E-state index in [1.54, 1.807) is 0 Å². The predicted octanol–water partition coefficient (Wildman–Crippen LogP) is 4.57. The van der Waals surface area contributed by atoms with Gasteiger partial charge < -0.3 is 10.3 Å². The van der Waals surface area contributed by atoms with Gasteiger partial charge >= 0.3 is 0 Å². The number of H-pyrrole nitrogens is 1. The Morgan fingerprint density at radius 2 is 1.91 bits per heavy atom. The van der Waals surface area contributed by atoms with Gasteiger partial charge in [0.05, 0.1) is 17.2 Å². The van der Waals surface area contributed by atoms with Gasteiger partial charge in [0.25, 0.3) is 0 Å². The Morgan fingerprint density at radius 3 is 2.77 bits per heavy atom. The maximum Gasteiger partial charge on any atom is 0.113 e. The van der Waals surface area contributed by atoms with Gasteiger partial charge in [0.1, 0.15) is 5.82 Å². The maximum atomic E-state index is 4.85. The van der Waals surface area contributed by atoms with E-state index in [-0.39, 0.29) is 0 Å². The predicted molar refractivity (Wildman–Crippen MR) is 139 cm³/mol. The molecule has 1 aliphatic heterocycles. The first-order valence-electron chi connectivity index (χ1n) is 13.1. The summed E-state index contributed by atoms with van der Waals surface area (Å²) in [6.07, 6.45) is 12.2. The second-order valence-electron chi connectivity index (χ2n) is 10.2. The Bertz CT molecular complexity index is 1280. The van der Waals surface area contributed by atoms with Crippen LogP contribution in [0.15, 0.2) is 48.9 Å². The van der Waals surface area contributed by atoms with Crippen molar-refractivity contribution in [1.29, 1.82) is 0 Å². The second-order valence-corrected chi connectivity index (χ2v) is 10.2. The number of aromatic amines is 1. The number of imidazole rings is 1. The number of pyridine rings is 1. The quantitative estimate of drug-likeness (QED) is 0.415. The molecule has 7 heteroatoms. The second kappa shape index (κ2) is 9.91. The highest BCUT2D eigenvalue weighted by molar-refractivity contribution is 5.81. The monoisotopic (exact) mass is 469 g/mol. The molecule has 1 unspecified atom stereocenters. The molecule has 2 fully saturated rings. The number of rotatable bonds is 7. The van der Waals surface area contributed by atoms with Gasteiger partial charge in [0.15, 0.2) is 0 Å². The van der Waals surface area contributed by atoms with Gasteiger partial charge in [0.2, 0.25) is 0 Å². The van der Waals surface area contributed by atoms with Crippen molar-refractivity contribution in [3.8, 4) is 11.1 Å². The third-order valence-electron chi connectivity index (χ3n) is 7.79. The van der Waals surface area contributed by atoms with Crippen LogP contribution < -0.4 is 5.32 Å². The summed E-state index contributed by atoms with van der Waals surface area (Å²) in [5, 5.41) is 8.07. The number of benzene rings is 1. The van der Waals surface area contributed by atoms with Crippen molar-refractivity contribution in [2.24, 2.45) is 5.92 Å². The van der Waals surface area contributed by atoms with E-state index in [4.69, 9.17) is 4.98 Å². The lowest BCUT2D eigenvalue weighted by molar-refractivity contribution is 0.185. The molecule has 4 aromatic rings. The summed E-state index contributed by atoms with van der Waals surface area (Å²) in [7, 11) is 0. The molecule has 1 aliphatic carbocycles. The topological polar surface area (TPSA) is 74.7 Å². The first-order chi connectivity index (χ1) is 17.2. The minimum Gasteiger partial charge on any atom is -0.342 e. The van der Waals surface area contributed by atoms with Gasteiger partial charge in [-0.05, 0) is 61.1 Å². The fraction of sp³-hybridized carbons (Fsp3) is 0.464. The zero-order valence-electron chi connectivity index (χ0n) is 20.6. The molecule has 2 N–H and O–H groups in total. The van der Waals surface area contributed by atoms with Crippen LogP contribution in [-0.2, 0) is 13.0 Å². The van der Waals surface area contributed by atoms with E-state index in [1.165, 1.54) is 36.8 Å². The van der Waals surface area contributed by atoms with Gasteiger partial charge in [-0.2, -0.15) is 5.10 Å². The lowest BCUT2D eigenvalue weighted by Gasteiger charge is -2.33. The highest BCUT2D eigenvalue weighted by atomic mass is 15.3. The highest BCUT2D eigenvalue weighted by Gasteiger charge is 2.19. The molecular weight excluding hydrogens is 434 g/mol. The summed E-state index contributed by atoms with van der Waals surface area (Å²) >= 11 is 0. The Kier molecular flexibility index (Phi) is 6.35. The molecule has 35 heavy (non-hydrogen) atoms. The number of fused-ring (bicyclic) bond motifs is 1. The summed E-state index contributed by atoms with van der Waals surface area (Å²) in [5.41, 5.74) is 6.77. The van der Waals surface area contributed by atoms with Gasteiger partial charge in [-0.25, -0.2) is 4.98 Å². The van der Waals surface area contributed by atoms with Crippen LogP contribution in [0.3, 0.4) is 0 Å². The fourth-order valence-electron chi connectivity index (χ4n) is 5.70. The average Bonchev–Trinajstić information content (AvgIpc) is 3.65. The molecule has 0 bridgehead atoms. The lowest BCUT2D eigenvalue weighted by atomic mass is 10.1. The third kappa shape index (κ3) is 5.02. The maximum absolute atomic E-state index is 4.85. The largest absolute Gasteiger partial charge is 0.342 e. The van der Waals surface area contributed by atoms with Gasteiger partial charge in [-0.15, -0.1) is 0 Å². The third-order valence-corrected chi connectivity index (χ3v) is 7.79. The van der Waals surface area contributed by atoms with E-state index in [9.17, 15) is 0 Å². The van der Waals surface area contributed by atoms with Crippen LogP contribution in [0.25, 0.3) is 22.2 Å². The molecule has 1 saturated heterocycles. The Hall–Kier alpha value is -3.03. The lowest BCUT2D eigenvalue weighted by Crippen LogP contribution is -2.44. The molecule has 2 aliphatic rings. The van der Waals surface area contributed by atoms with E-state index in [0.717, 1.165) is 66.8 Å². The van der Waals surface area contributed by atoms with E-state index in [0.29, 0.717) is 12.5 Å². The Labute approximate surface area is 207 Å². The van der Waals surface area contributed by atoms with Crippen molar-refractivity contribution in [3.63, 3.8) is 0 Å². The minimum atomic E-state index is 0.395. The first-order valence-corrected chi connectivity index (χ1v) is 13.1. The number of piperazine rings is 1. The first kappa shape index (κ1) is 22.4. The molecule has 0 radical (unpaired) electrons. The molecular formula is C28H35N7. The van der Waals surface area contributed by atoms with Crippen LogP contribution >= 0.6 is 0 Å². The Balaban J connectivity index is 1.17. The van der Waals surface area contributed by atoms with E-state index in [2.05, 4.69) is 73.4 Å². The van der Waals surface area contributed by atoms with Crippen LogP contribution in [0.5, 0.6) is 0 Å². The summed E-state index contributed by atoms with van der Waals surface area (Å²) in [5.74, 6) is 1.74. The van der Waals surface area contributed by atoms with Crippen molar-refractivity contribution in [2.45, 2.75) is 51.6 Å². The minimum absolute atomic E-state index is 0.395. The summed E-state index contributed by atoms with van der Waals surface area (Å²) in [4.78, 5) is 15.6. The molecule has 1 aromatic carbocycles. The number of aromatic nitrogens is 5. The smallest absolute Gasteiger partial charge is 0.113 e. The van der Waals surface area contributed by atoms with Crippen LogP contribution in [0.4, 0.5) is 0 Å². The fourth-order valence-corrected chi connectivity index (χ4v) is 5.70. The van der Waals surface area contributed by atoms with Gasteiger partial charge in [-0.1, -0.05) is 18.9 Å². The normalized spacial score (nSPS) is 18.4. The molecule has 1 saturated carbocycles. The molecule has 0 amide bonds. The number of nitrogens with one attached hydrogen (secondary N) is 2. The van der Waals surface area contributed by atoms with Crippen LogP contribution in [0.2, 0.25) is 0 Å². The van der Waals surface area contributed by atoms with E-state index in [1.807, 2.05) is 12.4 Å². The Morgan fingerprint density at radius 1 is 1.06 bits per heavy atom. The molecule has 4 heterocycles. The van der Waals surface area contributed by atoms with E-state index >= 15 is 0 Å². The number of hydrogen-bond donors (Lipinski definition) is 2. The van der Waals surface area contributed by atoms with Gasteiger partial charge in [-0.3, -0.25) is 14.6 Å². The van der Waals surface area contributed by atoms with Gasteiger partial charge in [0, 0.05) is 68.8 Å². The van der Waals surface area contributed by atoms with Crippen molar-refractivity contribution in [1.82, 2.24) is 34.9 Å². The van der Waals surface area contributed by atoms with Crippen molar-refractivity contribution < 1.29 is 0 Å². The average molecular weight is 470 g/mol. The molecule has 182 valence electrons. The van der Waals surface area contributed by atoms with Crippen LogP contribution in [-0.4, -0.2) is 55.8 Å². The number of hydrogen-bond acceptors (Lipinski definition) is 5. The summed E-state index contributed by atoms with van der Waals surface area (Å²) in [6, 6.07) is 11.2. The molecule has 6 rings (SSSR count). The van der Waals surface area contributed by atoms with Crippen molar-refractivity contribution in [3.05, 3.63) is 66.0 Å². The zero-order valence-corrected chi connectivity index (χ0v) is 20.6. The molecule has 7 nitrogen and oxygen atoms in total. The molecule has 3 aromatic heterocycles.